The van der Waals surface area contributed by atoms with Crippen LogP contribution in [-0.4, -0.2) is 42.4 Å². The zero-order chi connectivity index (χ0) is 21.4. The van der Waals surface area contributed by atoms with Crippen LogP contribution in [0.4, 0.5) is 0 Å². The van der Waals surface area contributed by atoms with Crippen molar-refractivity contribution >= 4 is 33.7 Å². The van der Waals surface area contributed by atoms with E-state index >= 15 is 0 Å². The van der Waals surface area contributed by atoms with Crippen molar-refractivity contribution in [3.05, 3.63) is 70.2 Å². The summed E-state index contributed by atoms with van der Waals surface area (Å²) in [7, 11) is 1.65. The maximum absolute atomic E-state index is 12.5. The molecule has 0 spiro atoms. The number of carbonyl (C=O) groups excluding carboxylic acids is 3. The molecule has 1 atom stereocenters. The maximum Gasteiger partial charge on any atom is 0.329 e. The second kappa shape index (κ2) is 10.8. The Morgan fingerprint density at radius 2 is 1.66 bits per heavy atom. The van der Waals surface area contributed by atoms with Crippen molar-refractivity contribution in [3.63, 3.8) is 0 Å². The molecule has 29 heavy (non-hydrogen) atoms. The molecule has 0 heterocycles. The minimum Gasteiger partial charge on any atom is -0.454 e. The average molecular weight is 461 g/mol. The Hall–Kier alpha value is -2.67. The highest BCUT2D eigenvalue weighted by molar-refractivity contribution is 9.10. The van der Waals surface area contributed by atoms with Crippen LogP contribution in [0.5, 0.6) is 0 Å². The van der Waals surface area contributed by atoms with E-state index in [4.69, 9.17) is 4.74 Å². The van der Waals surface area contributed by atoms with Gasteiger partial charge >= 0.3 is 5.97 Å². The van der Waals surface area contributed by atoms with E-state index in [0.717, 1.165) is 10.0 Å². The largest absolute Gasteiger partial charge is 0.454 e. The van der Waals surface area contributed by atoms with Crippen LogP contribution in [0, 0.1) is 5.92 Å². The lowest BCUT2D eigenvalue weighted by Gasteiger charge is -2.22. The number of benzene rings is 2. The van der Waals surface area contributed by atoms with Crippen molar-refractivity contribution in [1.82, 2.24) is 10.2 Å². The fourth-order valence-electron chi connectivity index (χ4n) is 2.62. The molecule has 0 saturated heterocycles. The zero-order valence-corrected chi connectivity index (χ0v) is 18.3. The molecule has 7 heteroatoms. The molecule has 0 saturated carbocycles. The third-order valence-electron chi connectivity index (χ3n) is 4.37. The van der Waals surface area contributed by atoms with Gasteiger partial charge in [-0.3, -0.25) is 9.59 Å². The van der Waals surface area contributed by atoms with Gasteiger partial charge in [0, 0.05) is 23.6 Å². The second-order valence-corrected chi connectivity index (χ2v) is 7.86. The maximum atomic E-state index is 12.5. The topological polar surface area (TPSA) is 75.7 Å². The summed E-state index contributed by atoms with van der Waals surface area (Å²) in [4.78, 5) is 38.7. The summed E-state index contributed by atoms with van der Waals surface area (Å²) < 4.78 is 6.10. The molecule has 0 radical (unpaired) electrons. The van der Waals surface area contributed by atoms with E-state index in [-0.39, 0.29) is 24.3 Å². The van der Waals surface area contributed by atoms with E-state index < -0.39 is 12.0 Å². The van der Waals surface area contributed by atoms with Crippen molar-refractivity contribution in [1.29, 1.82) is 0 Å². The molecule has 2 aromatic rings. The number of ether oxygens (including phenoxy) is 1. The molecule has 0 bridgehead atoms. The zero-order valence-electron chi connectivity index (χ0n) is 16.7. The summed E-state index contributed by atoms with van der Waals surface area (Å²) in [6, 6.07) is 15.4. The monoisotopic (exact) mass is 460 g/mol. The molecule has 0 fully saturated rings. The van der Waals surface area contributed by atoms with E-state index in [1.807, 2.05) is 24.3 Å². The van der Waals surface area contributed by atoms with Gasteiger partial charge in [-0.25, -0.2) is 4.79 Å². The lowest BCUT2D eigenvalue weighted by molar-refractivity contribution is -0.154. The van der Waals surface area contributed by atoms with Gasteiger partial charge in [0.1, 0.15) is 6.04 Å². The van der Waals surface area contributed by atoms with Gasteiger partial charge in [-0.2, -0.15) is 0 Å². The lowest BCUT2D eigenvalue weighted by Crippen LogP contribution is -2.46. The second-order valence-electron chi connectivity index (χ2n) is 7.01. The SMILES string of the molecule is CC(C)C(NC(=O)c1ccccc1)C(=O)OCC(=O)N(C)Cc1ccccc1Br. The van der Waals surface area contributed by atoms with Gasteiger partial charge < -0.3 is 15.0 Å². The van der Waals surface area contributed by atoms with E-state index in [0.29, 0.717) is 12.1 Å². The molecular weight excluding hydrogens is 436 g/mol. The number of rotatable bonds is 8. The van der Waals surface area contributed by atoms with Gasteiger partial charge in [0.15, 0.2) is 6.61 Å². The Morgan fingerprint density at radius 3 is 2.28 bits per heavy atom. The summed E-state index contributed by atoms with van der Waals surface area (Å²) in [5.41, 5.74) is 1.40. The van der Waals surface area contributed by atoms with Crippen LogP contribution in [0.25, 0.3) is 0 Å². The summed E-state index contributed by atoms with van der Waals surface area (Å²) in [5.74, 6) is -1.51. The van der Waals surface area contributed by atoms with Crippen LogP contribution in [0.2, 0.25) is 0 Å². The Balaban J connectivity index is 1.91. The average Bonchev–Trinajstić information content (AvgIpc) is 2.71. The molecule has 0 aromatic heterocycles. The summed E-state index contributed by atoms with van der Waals surface area (Å²) in [6.07, 6.45) is 0. The number of halogens is 1. The molecule has 0 aliphatic heterocycles. The first-order valence-corrected chi connectivity index (χ1v) is 10.1. The van der Waals surface area contributed by atoms with Gasteiger partial charge in [0.25, 0.3) is 11.8 Å². The number of amides is 2. The molecule has 0 aliphatic carbocycles. The third-order valence-corrected chi connectivity index (χ3v) is 5.15. The van der Waals surface area contributed by atoms with Crippen molar-refractivity contribution in [2.75, 3.05) is 13.7 Å². The quantitative estimate of drug-likeness (QED) is 0.612. The van der Waals surface area contributed by atoms with Crippen LogP contribution < -0.4 is 5.32 Å². The predicted molar refractivity (Wildman–Crippen MR) is 114 cm³/mol. The third kappa shape index (κ3) is 6.71. The molecule has 154 valence electrons. The van der Waals surface area contributed by atoms with Gasteiger partial charge in [0.05, 0.1) is 0 Å². The Bertz CT molecular complexity index is 855. The van der Waals surface area contributed by atoms with E-state index in [1.165, 1.54) is 4.90 Å². The molecule has 6 nitrogen and oxygen atoms in total. The number of nitrogens with zero attached hydrogens (tertiary/aromatic N) is 1. The van der Waals surface area contributed by atoms with Crippen LogP contribution in [-0.2, 0) is 20.9 Å². The van der Waals surface area contributed by atoms with Crippen LogP contribution in [0.3, 0.4) is 0 Å². The Labute approximate surface area is 179 Å². The fraction of sp³-hybridized carbons (Fsp3) is 0.318. The minimum absolute atomic E-state index is 0.191. The normalized spacial score (nSPS) is 11.6. The van der Waals surface area contributed by atoms with Crippen LogP contribution in [0.15, 0.2) is 59.1 Å². The number of likely N-dealkylation sites (N-methyl/N-ethyl adjacent to an activating group) is 1. The highest BCUT2D eigenvalue weighted by Crippen LogP contribution is 2.17. The smallest absolute Gasteiger partial charge is 0.329 e. The standard InChI is InChI=1S/C22H25BrN2O4/c1-15(2)20(24-21(27)16-9-5-4-6-10-16)22(28)29-14-19(26)25(3)13-17-11-7-8-12-18(17)23/h4-12,15,20H,13-14H2,1-3H3,(H,24,27). The minimum atomic E-state index is -0.843. The fourth-order valence-corrected chi connectivity index (χ4v) is 3.03. The summed E-state index contributed by atoms with van der Waals surface area (Å²) in [5, 5.41) is 2.69. The van der Waals surface area contributed by atoms with E-state index in [9.17, 15) is 14.4 Å². The van der Waals surface area contributed by atoms with Crippen molar-refractivity contribution in [3.8, 4) is 0 Å². The van der Waals surface area contributed by atoms with Crippen LogP contribution >= 0.6 is 15.9 Å². The Kier molecular flexibility index (Phi) is 8.39. The predicted octanol–water partition coefficient (Wildman–Crippen LogP) is 3.41. The first-order valence-electron chi connectivity index (χ1n) is 9.29. The first kappa shape index (κ1) is 22.6. The van der Waals surface area contributed by atoms with Gasteiger partial charge in [-0.1, -0.05) is 66.2 Å². The molecule has 1 N–H and O–H groups in total. The first-order chi connectivity index (χ1) is 13.8. The molecule has 2 amide bonds. The summed E-state index contributed by atoms with van der Waals surface area (Å²) >= 11 is 3.45. The highest BCUT2D eigenvalue weighted by atomic mass is 79.9. The Morgan fingerprint density at radius 1 is 1.03 bits per heavy atom. The summed E-state index contributed by atoms with van der Waals surface area (Å²) in [6.45, 7) is 3.61. The van der Waals surface area contributed by atoms with E-state index in [2.05, 4.69) is 21.2 Å². The van der Waals surface area contributed by atoms with Crippen LogP contribution in [0.1, 0.15) is 29.8 Å². The van der Waals surface area contributed by atoms with Gasteiger partial charge in [0.2, 0.25) is 0 Å². The van der Waals surface area contributed by atoms with Gasteiger partial charge in [-0.15, -0.1) is 0 Å². The number of hydrogen-bond donors (Lipinski definition) is 1. The molecule has 1 unspecified atom stereocenters. The molecular formula is C22H25BrN2O4. The van der Waals surface area contributed by atoms with Crippen molar-refractivity contribution in [2.45, 2.75) is 26.4 Å². The number of nitrogens with one attached hydrogen (secondary N) is 1. The molecule has 2 aromatic carbocycles. The highest BCUT2D eigenvalue weighted by Gasteiger charge is 2.27. The van der Waals surface area contributed by atoms with Crippen molar-refractivity contribution < 1.29 is 19.1 Å². The number of carbonyl (C=O) groups is 3. The lowest BCUT2D eigenvalue weighted by atomic mass is 10.0. The molecule has 0 aliphatic rings. The number of hydrogen-bond acceptors (Lipinski definition) is 4. The van der Waals surface area contributed by atoms with E-state index in [1.54, 1.807) is 51.2 Å². The molecule has 2 rings (SSSR count). The van der Waals surface area contributed by atoms with Gasteiger partial charge in [-0.05, 0) is 29.7 Å². The van der Waals surface area contributed by atoms with Crippen molar-refractivity contribution in [2.24, 2.45) is 5.92 Å². The number of esters is 1.